The van der Waals surface area contributed by atoms with E-state index in [1.165, 1.54) is 6.26 Å². The number of nitrogens with zero attached hydrogens (tertiary/aromatic N) is 2. The zero-order valence-electron chi connectivity index (χ0n) is 18.2. The van der Waals surface area contributed by atoms with Crippen molar-refractivity contribution in [1.82, 2.24) is 15.2 Å². The number of aliphatic hydroxyl groups excluding tert-OH is 2. The molecule has 0 saturated carbocycles. The first-order chi connectivity index (χ1) is 16.0. The van der Waals surface area contributed by atoms with Gasteiger partial charge < -0.3 is 24.8 Å². The van der Waals surface area contributed by atoms with Crippen LogP contribution in [0.1, 0.15) is 28.0 Å². The first-order valence-corrected chi connectivity index (χ1v) is 11.0. The maximum Gasteiger partial charge on any atom is 0.275 e. The molecule has 3 N–H and O–H groups in total. The summed E-state index contributed by atoms with van der Waals surface area (Å²) in [5.74, 6) is -0.355. The highest BCUT2D eigenvalue weighted by atomic mass is 16.3. The fourth-order valence-electron chi connectivity index (χ4n) is 3.86. The number of amides is 2. The molecule has 4 rings (SSSR count). The summed E-state index contributed by atoms with van der Waals surface area (Å²) < 4.78 is 5.51. The SMILES string of the molecule is O=C(Cc1ccccc1)NCc1ccc(-c2nc(C(=O)N3CC[C@H](O)[C@H](CO)C3)co2)cc1. The summed E-state index contributed by atoms with van der Waals surface area (Å²) in [5.41, 5.74) is 2.81. The third-order valence-corrected chi connectivity index (χ3v) is 5.84. The molecular weight excluding hydrogens is 422 g/mol. The number of likely N-dealkylation sites (tertiary alicyclic amines) is 1. The molecule has 172 valence electrons. The maximum absolute atomic E-state index is 12.7. The van der Waals surface area contributed by atoms with Gasteiger partial charge in [0.15, 0.2) is 5.69 Å². The fourth-order valence-corrected chi connectivity index (χ4v) is 3.86. The van der Waals surface area contributed by atoms with Gasteiger partial charge in [-0.25, -0.2) is 4.98 Å². The van der Waals surface area contributed by atoms with Crippen LogP contribution in [0.25, 0.3) is 11.5 Å². The van der Waals surface area contributed by atoms with Gasteiger partial charge in [0.1, 0.15) is 6.26 Å². The molecule has 2 amide bonds. The van der Waals surface area contributed by atoms with Crippen LogP contribution in [0, 0.1) is 5.92 Å². The summed E-state index contributed by atoms with van der Waals surface area (Å²) >= 11 is 0. The van der Waals surface area contributed by atoms with Gasteiger partial charge in [-0.3, -0.25) is 9.59 Å². The molecule has 1 aliphatic heterocycles. The number of piperidine rings is 1. The summed E-state index contributed by atoms with van der Waals surface area (Å²) in [6.07, 6.45) is 1.48. The van der Waals surface area contributed by atoms with Crippen molar-refractivity contribution in [2.75, 3.05) is 19.7 Å². The summed E-state index contributed by atoms with van der Waals surface area (Å²) in [4.78, 5) is 30.8. The Morgan fingerprint density at radius 2 is 1.85 bits per heavy atom. The Bertz CT molecular complexity index is 1080. The van der Waals surface area contributed by atoms with Crippen molar-refractivity contribution in [2.24, 2.45) is 5.92 Å². The predicted molar refractivity (Wildman–Crippen MR) is 121 cm³/mol. The third kappa shape index (κ3) is 5.66. The molecule has 0 spiro atoms. The van der Waals surface area contributed by atoms with Crippen molar-refractivity contribution in [1.29, 1.82) is 0 Å². The molecule has 0 radical (unpaired) electrons. The lowest BCUT2D eigenvalue weighted by Gasteiger charge is -2.34. The molecule has 8 nitrogen and oxygen atoms in total. The highest BCUT2D eigenvalue weighted by molar-refractivity contribution is 5.92. The van der Waals surface area contributed by atoms with Crippen LogP contribution in [0.4, 0.5) is 0 Å². The van der Waals surface area contributed by atoms with Gasteiger partial charge in [0.25, 0.3) is 5.91 Å². The van der Waals surface area contributed by atoms with Crippen LogP contribution >= 0.6 is 0 Å². The van der Waals surface area contributed by atoms with Crippen LogP contribution < -0.4 is 5.32 Å². The number of hydrogen-bond acceptors (Lipinski definition) is 6. The topological polar surface area (TPSA) is 116 Å². The quantitative estimate of drug-likeness (QED) is 0.508. The number of rotatable bonds is 7. The van der Waals surface area contributed by atoms with Crippen molar-refractivity contribution < 1.29 is 24.2 Å². The van der Waals surface area contributed by atoms with Crippen molar-refractivity contribution >= 4 is 11.8 Å². The van der Waals surface area contributed by atoms with Gasteiger partial charge in [-0.15, -0.1) is 0 Å². The zero-order chi connectivity index (χ0) is 23.2. The van der Waals surface area contributed by atoms with E-state index >= 15 is 0 Å². The van der Waals surface area contributed by atoms with E-state index in [2.05, 4.69) is 10.3 Å². The Labute approximate surface area is 191 Å². The molecule has 2 aromatic carbocycles. The summed E-state index contributed by atoms with van der Waals surface area (Å²) in [7, 11) is 0. The first kappa shape index (κ1) is 22.7. The largest absolute Gasteiger partial charge is 0.444 e. The molecule has 2 heterocycles. The monoisotopic (exact) mass is 449 g/mol. The van der Waals surface area contributed by atoms with E-state index in [0.29, 0.717) is 31.8 Å². The standard InChI is InChI=1S/C25H27N3O5/c29-15-20-14-28(11-10-22(20)30)25(32)21-16-33-24(27-21)19-8-6-18(7-9-19)13-26-23(31)12-17-4-2-1-3-5-17/h1-9,16,20,22,29-30H,10-15H2,(H,26,31)/t20-,22-/m0/s1. The summed E-state index contributed by atoms with van der Waals surface area (Å²) in [6.45, 7) is 0.926. The number of oxazole rings is 1. The van der Waals surface area contributed by atoms with Crippen LogP contribution in [0.15, 0.2) is 65.3 Å². The molecule has 1 saturated heterocycles. The number of carbonyl (C=O) groups is 2. The van der Waals surface area contributed by atoms with Crippen molar-refractivity contribution in [3.8, 4) is 11.5 Å². The van der Waals surface area contributed by atoms with Crippen molar-refractivity contribution in [3.05, 3.63) is 77.7 Å². The highest BCUT2D eigenvalue weighted by Gasteiger charge is 2.31. The van der Waals surface area contributed by atoms with Gasteiger partial charge in [-0.1, -0.05) is 42.5 Å². The number of aromatic nitrogens is 1. The Morgan fingerprint density at radius 3 is 2.58 bits per heavy atom. The van der Waals surface area contributed by atoms with Gasteiger partial charge in [-0.05, 0) is 29.7 Å². The zero-order valence-corrected chi connectivity index (χ0v) is 18.2. The average molecular weight is 450 g/mol. The molecule has 1 aliphatic rings. The van der Waals surface area contributed by atoms with Crippen LogP contribution in [0.3, 0.4) is 0 Å². The van der Waals surface area contributed by atoms with Crippen molar-refractivity contribution in [3.63, 3.8) is 0 Å². The lowest BCUT2D eigenvalue weighted by atomic mass is 9.95. The first-order valence-electron chi connectivity index (χ1n) is 11.0. The summed E-state index contributed by atoms with van der Waals surface area (Å²) in [6, 6.07) is 17.0. The Morgan fingerprint density at radius 1 is 1.09 bits per heavy atom. The number of aliphatic hydroxyl groups is 2. The smallest absolute Gasteiger partial charge is 0.275 e. The third-order valence-electron chi connectivity index (χ3n) is 5.84. The molecule has 0 bridgehead atoms. The molecule has 1 fully saturated rings. The van der Waals surface area contributed by atoms with E-state index in [9.17, 15) is 19.8 Å². The molecule has 3 aromatic rings. The van der Waals surface area contributed by atoms with Gasteiger partial charge in [-0.2, -0.15) is 0 Å². The van der Waals surface area contributed by atoms with Crippen molar-refractivity contribution in [2.45, 2.75) is 25.5 Å². The minimum Gasteiger partial charge on any atom is -0.444 e. The minimum absolute atomic E-state index is 0.0465. The number of carbonyl (C=O) groups excluding carboxylic acids is 2. The number of hydrogen-bond donors (Lipinski definition) is 3. The van der Waals surface area contributed by atoms with E-state index in [1.54, 1.807) is 4.90 Å². The Kier molecular flexibility index (Phi) is 7.16. The average Bonchev–Trinajstić information content (AvgIpc) is 3.34. The second-order valence-corrected chi connectivity index (χ2v) is 8.22. The lowest BCUT2D eigenvalue weighted by molar-refractivity contribution is -0.120. The van der Waals surface area contributed by atoms with Gasteiger partial charge in [0.2, 0.25) is 11.8 Å². The van der Waals surface area contributed by atoms with E-state index in [-0.39, 0.29) is 36.6 Å². The highest BCUT2D eigenvalue weighted by Crippen LogP contribution is 2.22. The minimum atomic E-state index is -0.603. The lowest BCUT2D eigenvalue weighted by Crippen LogP contribution is -2.47. The van der Waals surface area contributed by atoms with Crippen LogP contribution in [0.2, 0.25) is 0 Å². The van der Waals surface area contributed by atoms with Gasteiger partial charge in [0, 0.05) is 31.1 Å². The van der Waals surface area contributed by atoms with Gasteiger partial charge in [0.05, 0.1) is 19.1 Å². The van der Waals surface area contributed by atoms with E-state index in [0.717, 1.165) is 16.7 Å². The predicted octanol–water partition coefficient (Wildman–Crippen LogP) is 2.02. The second kappa shape index (κ2) is 10.4. The molecular formula is C25H27N3O5. The van der Waals surface area contributed by atoms with Crippen LogP contribution in [0.5, 0.6) is 0 Å². The summed E-state index contributed by atoms with van der Waals surface area (Å²) in [5, 5.41) is 22.2. The molecule has 8 heteroatoms. The Balaban J connectivity index is 1.33. The van der Waals surface area contributed by atoms with E-state index in [4.69, 9.17) is 4.42 Å². The molecule has 1 aromatic heterocycles. The molecule has 0 aliphatic carbocycles. The van der Waals surface area contributed by atoms with Gasteiger partial charge >= 0.3 is 0 Å². The molecule has 2 atom stereocenters. The molecule has 0 unspecified atom stereocenters. The van der Waals surface area contributed by atoms with Crippen LogP contribution in [-0.2, 0) is 17.8 Å². The molecule has 33 heavy (non-hydrogen) atoms. The second-order valence-electron chi connectivity index (χ2n) is 8.22. The Hall–Kier alpha value is -3.49. The normalized spacial score (nSPS) is 18.2. The fraction of sp³-hybridized carbons (Fsp3) is 0.320. The number of benzene rings is 2. The maximum atomic E-state index is 12.7. The van der Waals surface area contributed by atoms with Crippen LogP contribution in [-0.4, -0.2) is 57.7 Å². The number of nitrogens with one attached hydrogen (secondary N) is 1. The van der Waals surface area contributed by atoms with E-state index < -0.39 is 6.10 Å². The van der Waals surface area contributed by atoms with E-state index in [1.807, 2.05) is 54.6 Å².